The fourth-order valence-electron chi connectivity index (χ4n) is 0.440. The molecule has 0 bridgehead atoms. The average molecular weight is 238 g/mol. The van der Waals surface area contributed by atoms with Crippen molar-refractivity contribution in [2.24, 2.45) is 0 Å². The predicted octanol–water partition coefficient (Wildman–Crippen LogP) is -0.575. The van der Waals surface area contributed by atoms with Crippen LogP contribution in [0.15, 0.2) is 0 Å². The Hall–Kier alpha value is 1.04. The van der Waals surface area contributed by atoms with E-state index < -0.39 is 0 Å². The number of ether oxygens (including phenoxy) is 2. The van der Waals surface area contributed by atoms with Gasteiger partial charge in [0, 0.05) is 0 Å². The van der Waals surface area contributed by atoms with Crippen molar-refractivity contribution in [1.29, 1.82) is 0 Å². The van der Waals surface area contributed by atoms with Crippen molar-refractivity contribution in [3.63, 3.8) is 0 Å². The zero-order valence-electron chi connectivity index (χ0n) is 4.46. The first-order chi connectivity index (χ1) is 3.00. The van der Waals surface area contributed by atoms with Crippen LogP contribution in [-0.2, 0) is 9.47 Å². The molecule has 0 N–H and O–H groups in total. The summed E-state index contributed by atoms with van der Waals surface area (Å²) in [4.78, 5) is 0. The zero-order valence-corrected chi connectivity index (χ0v) is 6.09. The molecule has 0 unspecified atom stereocenters. The monoisotopic (exact) mass is 238 g/mol. The fraction of sp³-hybridized carbons (Fsp3) is 1.00. The maximum atomic E-state index is 4.94. The molecule has 0 saturated carbocycles. The molecule has 1 aliphatic heterocycles. The van der Waals surface area contributed by atoms with E-state index in [9.17, 15) is 0 Å². The summed E-state index contributed by atoms with van der Waals surface area (Å²) in [5, 5.41) is 0. The zero-order chi connectivity index (χ0) is 4.24. The molecule has 0 aromatic heterocycles. The summed E-state index contributed by atoms with van der Waals surface area (Å²) in [6.45, 7) is 3.11. The Bertz CT molecular complexity index is 32.0. The van der Waals surface area contributed by atoms with Crippen LogP contribution in [0.1, 0.15) is 0 Å². The summed E-state index contributed by atoms with van der Waals surface area (Å²) in [5.74, 6) is 0. The van der Waals surface area contributed by atoms with Crippen molar-refractivity contribution in [3.8, 4) is 0 Å². The average Bonchev–Trinajstić information content (AvgIpc) is 1.72. The predicted molar refractivity (Wildman–Crippen MR) is 47.5 cm³/mol. The van der Waals surface area contributed by atoms with Gasteiger partial charge in [0.25, 0.3) is 0 Å². The number of rotatable bonds is 0. The molecule has 9 heavy (non-hydrogen) atoms. The van der Waals surface area contributed by atoms with Crippen LogP contribution in [0.2, 0.25) is 0 Å². The minimum absolute atomic E-state index is 0. The second kappa shape index (κ2) is 11.8. The van der Waals surface area contributed by atoms with Crippen LogP contribution in [0.5, 0.6) is 0 Å². The number of halogens is 2. The molecule has 1 aliphatic rings. The third kappa shape index (κ3) is 9.04. The van der Waals surface area contributed by atoms with E-state index in [4.69, 9.17) is 9.47 Å². The quantitative estimate of drug-likeness (QED) is 0.525. The van der Waals surface area contributed by atoms with Gasteiger partial charge in [0.15, 0.2) is 0 Å². The van der Waals surface area contributed by atoms with E-state index in [1.807, 2.05) is 0 Å². The van der Waals surface area contributed by atoms with E-state index >= 15 is 0 Å². The molecule has 0 aromatic rings. The molecule has 0 spiro atoms. The summed E-state index contributed by atoms with van der Waals surface area (Å²) < 4.78 is 9.89. The molecule has 60 valence electrons. The van der Waals surface area contributed by atoms with Crippen molar-refractivity contribution < 1.29 is 9.47 Å². The molecule has 0 amide bonds. The van der Waals surface area contributed by atoms with E-state index in [-0.39, 0.29) is 42.4 Å². The van der Waals surface area contributed by atoms with Crippen LogP contribution in [0, 0.1) is 0 Å². The van der Waals surface area contributed by atoms with Gasteiger partial charge in [-0.05, 0) is 0 Å². The summed E-state index contributed by atoms with van der Waals surface area (Å²) in [6.07, 6.45) is 0. The van der Waals surface area contributed by atoms with Crippen molar-refractivity contribution in [2.75, 3.05) is 26.4 Å². The molecule has 5 heteroatoms. The molecule has 1 heterocycles. The Kier molecular flexibility index (Phi) is 21.7. The molecule has 0 radical (unpaired) electrons. The second-order valence-electron chi connectivity index (χ2n) is 1.22. The fourth-order valence-corrected chi connectivity index (χ4v) is 0.440. The van der Waals surface area contributed by atoms with Gasteiger partial charge in [0.1, 0.15) is 0 Å². The molecule has 0 aliphatic carbocycles. The summed E-state index contributed by atoms with van der Waals surface area (Å²) >= 11 is 0. The van der Waals surface area contributed by atoms with E-state index in [1.165, 1.54) is 0 Å². The Morgan fingerprint density at radius 3 is 1.00 bits per heavy atom. The van der Waals surface area contributed by atoms with Crippen molar-refractivity contribution in [1.82, 2.24) is 0 Å². The van der Waals surface area contributed by atoms with E-state index in [1.54, 1.807) is 0 Å². The summed E-state index contributed by atoms with van der Waals surface area (Å²) in [5.41, 5.74) is 0. The molecule has 2 nitrogen and oxygen atoms in total. The normalized spacial score (nSPS) is 16.0. The Morgan fingerprint density at radius 1 is 0.667 bits per heavy atom. The Labute approximate surface area is 78.5 Å². The van der Waals surface area contributed by atoms with Gasteiger partial charge in [-0.15, -0.1) is 24.8 Å². The van der Waals surface area contributed by atoms with Gasteiger partial charge in [0.2, 0.25) is 0 Å². The van der Waals surface area contributed by atoms with Crippen LogP contribution < -0.4 is 0 Å². The van der Waals surface area contributed by atoms with Crippen LogP contribution >= 0.6 is 24.8 Å². The van der Waals surface area contributed by atoms with Crippen LogP contribution in [0.25, 0.3) is 0 Å². The number of hydrogen-bond donors (Lipinski definition) is 0. The van der Waals surface area contributed by atoms with Gasteiger partial charge in [-0.25, -0.2) is 0 Å². The standard InChI is InChI=1S/C4H8O2.2ClH.GeH4/c1-2-6-4-3-5-1;;;/h1-4H2;2*1H;1H4. The van der Waals surface area contributed by atoms with Gasteiger partial charge < -0.3 is 9.47 Å². The molecular formula is C4H14Cl2GeO2. The van der Waals surface area contributed by atoms with E-state index in [0.29, 0.717) is 0 Å². The molecule has 1 saturated heterocycles. The maximum absolute atomic E-state index is 4.94. The van der Waals surface area contributed by atoms with E-state index in [2.05, 4.69) is 0 Å². The van der Waals surface area contributed by atoms with E-state index in [0.717, 1.165) is 26.4 Å². The topological polar surface area (TPSA) is 18.5 Å². The first kappa shape index (κ1) is 16.6. The number of hydrogen-bond acceptors (Lipinski definition) is 2. The van der Waals surface area contributed by atoms with Crippen molar-refractivity contribution >= 4 is 42.4 Å². The Morgan fingerprint density at radius 2 is 0.889 bits per heavy atom. The first-order valence-corrected chi connectivity index (χ1v) is 2.15. The van der Waals surface area contributed by atoms with Crippen LogP contribution in [-0.4, -0.2) is 44.0 Å². The third-order valence-electron chi connectivity index (χ3n) is 0.744. The second-order valence-corrected chi connectivity index (χ2v) is 1.22. The SMILES string of the molecule is C1COCCO1.Cl.Cl.[GeH4]. The Balaban J connectivity index is -0.000000120. The first-order valence-electron chi connectivity index (χ1n) is 2.15. The summed E-state index contributed by atoms with van der Waals surface area (Å²) in [6, 6.07) is 0. The molecule has 0 aromatic carbocycles. The summed E-state index contributed by atoms with van der Waals surface area (Å²) in [7, 11) is 0. The van der Waals surface area contributed by atoms with Crippen molar-refractivity contribution in [2.45, 2.75) is 0 Å². The minimum atomic E-state index is 0. The van der Waals surface area contributed by atoms with Crippen molar-refractivity contribution in [3.05, 3.63) is 0 Å². The third-order valence-corrected chi connectivity index (χ3v) is 0.744. The van der Waals surface area contributed by atoms with Gasteiger partial charge >= 0.3 is 17.6 Å². The van der Waals surface area contributed by atoms with Crippen LogP contribution in [0.4, 0.5) is 0 Å². The van der Waals surface area contributed by atoms with Crippen LogP contribution in [0.3, 0.4) is 0 Å². The van der Waals surface area contributed by atoms with Gasteiger partial charge in [0.05, 0.1) is 26.4 Å². The molecule has 0 atom stereocenters. The van der Waals surface area contributed by atoms with Gasteiger partial charge in [-0.1, -0.05) is 0 Å². The van der Waals surface area contributed by atoms with Gasteiger partial charge in [-0.2, -0.15) is 0 Å². The molecule has 1 rings (SSSR count). The van der Waals surface area contributed by atoms with Gasteiger partial charge in [-0.3, -0.25) is 0 Å². The molecular weight excluding hydrogens is 224 g/mol. The molecule has 1 fully saturated rings.